The number of rotatable bonds is 6. The van der Waals surface area contributed by atoms with Crippen LogP contribution >= 0.6 is 23.5 Å². The largest absolute Gasteiger partial charge is 0.497 e. The van der Waals surface area contributed by atoms with Crippen LogP contribution in [0.5, 0.6) is 5.75 Å². The second kappa shape index (κ2) is 7.85. The first-order chi connectivity index (χ1) is 12.8. The molecule has 0 fully saturated rings. The van der Waals surface area contributed by atoms with E-state index in [1.54, 1.807) is 30.6 Å². The van der Waals surface area contributed by atoms with Gasteiger partial charge in [0.15, 0.2) is 5.16 Å². The Bertz CT molecular complexity index is 1020. The first-order valence-electron chi connectivity index (χ1n) is 8.14. The van der Waals surface area contributed by atoms with Gasteiger partial charge in [0.2, 0.25) is 0 Å². The molecule has 130 valence electrons. The van der Waals surface area contributed by atoms with Crippen LogP contribution in [0.2, 0.25) is 0 Å². The number of aromatic amines is 1. The Hall–Kier alpha value is -2.44. The summed E-state index contributed by atoms with van der Waals surface area (Å²) in [4.78, 5) is 14.9. The standard InChI is InChI=1S/C20H17N3OS2/c1-24-15-7-8-18-19(12-15)23-20(22-18)25-13-14-11-17(9-10-21-14)26-16-5-3-2-4-6-16/h2-12H,13H2,1H3,(H,22,23). The molecule has 0 aliphatic heterocycles. The summed E-state index contributed by atoms with van der Waals surface area (Å²) in [6, 6.07) is 20.4. The average molecular weight is 380 g/mol. The van der Waals surface area contributed by atoms with Crippen LogP contribution in [0.4, 0.5) is 0 Å². The van der Waals surface area contributed by atoms with Crippen molar-refractivity contribution in [3.05, 3.63) is 72.6 Å². The molecule has 0 atom stereocenters. The van der Waals surface area contributed by atoms with Crippen LogP contribution in [-0.4, -0.2) is 22.1 Å². The van der Waals surface area contributed by atoms with E-state index in [-0.39, 0.29) is 0 Å². The van der Waals surface area contributed by atoms with Crippen LogP contribution in [-0.2, 0) is 5.75 Å². The van der Waals surface area contributed by atoms with Crippen LogP contribution < -0.4 is 4.74 Å². The normalized spacial score (nSPS) is 11.0. The quantitative estimate of drug-likeness (QED) is 0.454. The lowest BCUT2D eigenvalue weighted by Gasteiger charge is -2.04. The van der Waals surface area contributed by atoms with Crippen molar-refractivity contribution in [3.63, 3.8) is 0 Å². The molecule has 0 aliphatic carbocycles. The van der Waals surface area contributed by atoms with Gasteiger partial charge in [-0.05, 0) is 36.4 Å². The van der Waals surface area contributed by atoms with Gasteiger partial charge in [-0.15, -0.1) is 0 Å². The lowest BCUT2D eigenvalue weighted by Crippen LogP contribution is -1.87. The number of ether oxygens (including phenoxy) is 1. The van der Waals surface area contributed by atoms with Crippen LogP contribution in [0, 0.1) is 0 Å². The van der Waals surface area contributed by atoms with Gasteiger partial charge in [-0.2, -0.15) is 0 Å². The molecule has 4 nitrogen and oxygen atoms in total. The molecule has 0 spiro atoms. The Kier molecular flexibility index (Phi) is 5.13. The van der Waals surface area contributed by atoms with Crippen molar-refractivity contribution in [3.8, 4) is 5.75 Å². The summed E-state index contributed by atoms with van der Waals surface area (Å²) in [7, 11) is 1.66. The first kappa shape index (κ1) is 17.0. The molecule has 0 amide bonds. The number of aromatic nitrogens is 3. The highest BCUT2D eigenvalue weighted by atomic mass is 32.2. The summed E-state index contributed by atoms with van der Waals surface area (Å²) >= 11 is 3.39. The summed E-state index contributed by atoms with van der Waals surface area (Å²) in [6.45, 7) is 0. The molecule has 1 N–H and O–H groups in total. The van der Waals surface area contributed by atoms with Crippen LogP contribution in [0.3, 0.4) is 0 Å². The van der Waals surface area contributed by atoms with Gasteiger partial charge in [-0.3, -0.25) is 4.98 Å². The molecular formula is C20H17N3OS2. The predicted octanol–water partition coefficient (Wildman–Crippen LogP) is 5.41. The number of H-pyrrole nitrogens is 1. The van der Waals surface area contributed by atoms with Crippen molar-refractivity contribution in [1.29, 1.82) is 0 Å². The third kappa shape index (κ3) is 4.03. The Morgan fingerprint density at radius 1 is 1.00 bits per heavy atom. The minimum absolute atomic E-state index is 0.764. The molecule has 6 heteroatoms. The number of hydrogen-bond donors (Lipinski definition) is 1. The fraction of sp³-hybridized carbons (Fsp3) is 0.100. The molecule has 0 bridgehead atoms. The molecule has 2 aromatic carbocycles. The van der Waals surface area contributed by atoms with Gasteiger partial charge in [-0.25, -0.2) is 4.98 Å². The highest BCUT2D eigenvalue weighted by Crippen LogP contribution is 2.29. The minimum Gasteiger partial charge on any atom is -0.497 e. The molecule has 0 saturated carbocycles. The van der Waals surface area contributed by atoms with E-state index in [9.17, 15) is 0 Å². The maximum Gasteiger partial charge on any atom is 0.166 e. The second-order valence-electron chi connectivity index (χ2n) is 5.61. The van der Waals surface area contributed by atoms with E-state index in [0.29, 0.717) is 0 Å². The number of hydrogen-bond acceptors (Lipinski definition) is 5. The van der Waals surface area contributed by atoms with Crippen molar-refractivity contribution in [2.45, 2.75) is 20.7 Å². The van der Waals surface area contributed by atoms with E-state index in [0.717, 1.165) is 33.4 Å². The zero-order valence-corrected chi connectivity index (χ0v) is 15.8. The summed E-state index contributed by atoms with van der Waals surface area (Å²) in [5.74, 6) is 1.58. The average Bonchev–Trinajstić information content (AvgIpc) is 3.09. The maximum atomic E-state index is 5.25. The van der Waals surface area contributed by atoms with Gasteiger partial charge >= 0.3 is 0 Å². The predicted molar refractivity (Wildman–Crippen MR) is 107 cm³/mol. The minimum atomic E-state index is 0.764. The van der Waals surface area contributed by atoms with E-state index in [1.165, 1.54) is 9.79 Å². The number of imidazole rings is 1. The Morgan fingerprint density at radius 3 is 2.73 bits per heavy atom. The van der Waals surface area contributed by atoms with Gasteiger partial charge in [-0.1, -0.05) is 41.7 Å². The topological polar surface area (TPSA) is 50.8 Å². The zero-order valence-electron chi connectivity index (χ0n) is 14.2. The molecule has 4 rings (SSSR count). The lowest BCUT2D eigenvalue weighted by atomic mass is 10.3. The van der Waals surface area contributed by atoms with Gasteiger partial charge in [0.25, 0.3) is 0 Å². The van der Waals surface area contributed by atoms with E-state index in [2.05, 4.69) is 45.3 Å². The first-order valence-corrected chi connectivity index (χ1v) is 9.95. The third-order valence-corrected chi connectivity index (χ3v) is 5.70. The number of pyridine rings is 1. The highest BCUT2D eigenvalue weighted by Gasteiger charge is 2.06. The molecule has 0 aliphatic rings. The monoisotopic (exact) mass is 379 g/mol. The van der Waals surface area contributed by atoms with Crippen molar-refractivity contribution in [2.24, 2.45) is 0 Å². The Labute approximate surface area is 160 Å². The fourth-order valence-electron chi connectivity index (χ4n) is 2.52. The number of nitrogens with zero attached hydrogens (tertiary/aromatic N) is 2. The van der Waals surface area contributed by atoms with Crippen LogP contribution in [0.1, 0.15) is 5.69 Å². The van der Waals surface area contributed by atoms with E-state index in [4.69, 9.17) is 4.74 Å². The molecular weight excluding hydrogens is 362 g/mol. The van der Waals surface area contributed by atoms with Gasteiger partial charge in [0, 0.05) is 27.8 Å². The van der Waals surface area contributed by atoms with Crippen molar-refractivity contribution < 1.29 is 4.74 Å². The number of nitrogens with one attached hydrogen (secondary N) is 1. The molecule has 2 heterocycles. The smallest absolute Gasteiger partial charge is 0.166 e. The summed E-state index contributed by atoms with van der Waals surface area (Å²) in [5, 5.41) is 0.885. The molecule has 0 unspecified atom stereocenters. The SMILES string of the molecule is COc1ccc2[nH]c(SCc3cc(Sc4ccccc4)ccn3)nc2c1. The molecule has 0 saturated heterocycles. The van der Waals surface area contributed by atoms with Crippen molar-refractivity contribution in [2.75, 3.05) is 7.11 Å². The molecule has 2 aromatic heterocycles. The Morgan fingerprint density at radius 2 is 1.88 bits per heavy atom. The molecule has 4 aromatic rings. The maximum absolute atomic E-state index is 5.25. The summed E-state index contributed by atoms with van der Waals surface area (Å²) in [6.07, 6.45) is 1.87. The second-order valence-corrected chi connectivity index (χ2v) is 7.72. The lowest BCUT2D eigenvalue weighted by molar-refractivity contribution is 0.415. The van der Waals surface area contributed by atoms with Crippen LogP contribution in [0.25, 0.3) is 11.0 Å². The third-order valence-electron chi connectivity index (χ3n) is 3.79. The van der Waals surface area contributed by atoms with Crippen LogP contribution in [0.15, 0.2) is 81.8 Å². The van der Waals surface area contributed by atoms with Gasteiger partial charge < -0.3 is 9.72 Å². The Balaban J connectivity index is 1.45. The zero-order chi connectivity index (χ0) is 17.8. The molecule has 0 radical (unpaired) electrons. The molecule has 26 heavy (non-hydrogen) atoms. The number of benzene rings is 2. The fourth-order valence-corrected chi connectivity index (χ4v) is 4.20. The highest BCUT2D eigenvalue weighted by molar-refractivity contribution is 7.99. The van der Waals surface area contributed by atoms with Crippen molar-refractivity contribution in [1.82, 2.24) is 15.0 Å². The van der Waals surface area contributed by atoms with E-state index < -0.39 is 0 Å². The number of thioether (sulfide) groups is 1. The van der Waals surface area contributed by atoms with Gasteiger partial charge in [0.05, 0.1) is 23.8 Å². The van der Waals surface area contributed by atoms with Crippen molar-refractivity contribution >= 4 is 34.6 Å². The van der Waals surface area contributed by atoms with E-state index in [1.807, 2.05) is 36.5 Å². The number of fused-ring (bicyclic) bond motifs is 1. The number of methoxy groups -OCH3 is 1. The van der Waals surface area contributed by atoms with Gasteiger partial charge in [0.1, 0.15) is 5.75 Å². The summed E-state index contributed by atoms with van der Waals surface area (Å²) in [5.41, 5.74) is 2.96. The summed E-state index contributed by atoms with van der Waals surface area (Å²) < 4.78 is 5.25. The van der Waals surface area contributed by atoms with E-state index >= 15 is 0 Å².